The normalized spacial score (nSPS) is 17.5. The monoisotopic (exact) mass is 211 g/mol. The van der Waals surface area contributed by atoms with Crippen molar-refractivity contribution < 1.29 is 8.76 Å². The lowest BCUT2D eigenvalue weighted by Crippen LogP contribution is -2.24. The Kier molecular flexibility index (Phi) is 2.96. The highest BCUT2D eigenvalue weighted by molar-refractivity contribution is 7.78. The molecule has 76 valence electrons. The lowest BCUT2D eigenvalue weighted by atomic mass is 9.96. The van der Waals surface area contributed by atoms with Gasteiger partial charge in [-0.3, -0.25) is 0 Å². The standard InChI is InChI=1S/C10H13NO2S/c12-14(13)7-9-3-1-2-8-6-11-5-4-10(8)9/h1-3,11H,4-7H2,(H,12,13). The zero-order chi connectivity index (χ0) is 9.97. The Bertz CT molecular complexity index is 365. The fraction of sp³-hybridized carbons (Fsp3) is 0.400. The molecule has 1 aliphatic rings. The Hall–Kier alpha value is -0.710. The minimum absolute atomic E-state index is 0.253. The van der Waals surface area contributed by atoms with Gasteiger partial charge in [0.2, 0.25) is 0 Å². The lowest BCUT2D eigenvalue weighted by Gasteiger charge is -2.19. The van der Waals surface area contributed by atoms with Crippen LogP contribution in [-0.4, -0.2) is 15.3 Å². The number of rotatable bonds is 2. The van der Waals surface area contributed by atoms with Crippen LogP contribution in [0.3, 0.4) is 0 Å². The summed E-state index contributed by atoms with van der Waals surface area (Å²) < 4.78 is 19.6. The number of benzene rings is 1. The Morgan fingerprint density at radius 3 is 3.14 bits per heavy atom. The maximum atomic E-state index is 10.7. The molecule has 1 atom stereocenters. The van der Waals surface area contributed by atoms with Crippen LogP contribution in [0.1, 0.15) is 16.7 Å². The molecular formula is C10H13NO2S. The van der Waals surface area contributed by atoms with E-state index in [4.69, 9.17) is 4.55 Å². The summed E-state index contributed by atoms with van der Waals surface area (Å²) >= 11 is -1.73. The van der Waals surface area contributed by atoms with Gasteiger partial charge in [-0.2, -0.15) is 0 Å². The van der Waals surface area contributed by atoms with Crippen molar-refractivity contribution in [2.24, 2.45) is 0 Å². The fourth-order valence-electron chi connectivity index (χ4n) is 1.88. The van der Waals surface area contributed by atoms with Crippen LogP contribution < -0.4 is 5.32 Å². The number of fused-ring (bicyclic) bond motifs is 1. The zero-order valence-electron chi connectivity index (χ0n) is 7.82. The summed E-state index contributed by atoms with van der Waals surface area (Å²) in [5.74, 6) is 0.253. The predicted molar refractivity (Wildman–Crippen MR) is 56.3 cm³/mol. The van der Waals surface area contributed by atoms with E-state index in [2.05, 4.69) is 11.4 Å². The summed E-state index contributed by atoms with van der Waals surface area (Å²) in [6, 6.07) is 5.97. The van der Waals surface area contributed by atoms with Crippen molar-refractivity contribution in [3.8, 4) is 0 Å². The van der Waals surface area contributed by atoms with Gasteiger partial charge in [-0.1, -0.05) is 18.2 Å². The number of hydrogen-bond donors (Lipinski definition) is 2. The second kappa shape index (κ2) is 4.21. The maximum absolute atomic E-state index is 10.7. The summed E-state index contributed by atoms with van der Waals surface area (Å²) in [4.78, 5) is 0. The molecule has 1 aromatic rings. The molecule has 0 aliphatic carbocycles. The third kappa shape index (κ3) is 2.03. The van der Waals surface area contributed by atoms with Gasteiger partial charge in [-0.15, -0.1) is 0 Å². The minimum atomic E-state index is -1.73. The molecule has 0 saturated carbocycles. The number of nitrogens with one attached hydrogen (secondary N) is 1. The van der Waals surface area contributed by atoms with E-state index in [9.17, 15) is 4.21 Å². The molecule has 1 aromatic carbocycles. The highest BCUT2D eigenvalue weighted by Crippen LogP contribution is 2.19. The fourth-order valence-corrected chi connectivity index (χ4v) is 2.42. The third-order valence-electron chi connectivity index (χ3n) is 2.52. The molecule has 1 aliphatic heterocycles. The molecule has 0 saturated heterocycles. The molecule has 14 heavy (non-hydrogen) atoms. The van der Waals surface area contributed by atoms with E-state index in [1.807, 2.05) is 12.1 Å². The molecule has 0 spiro atoms. The van der Waals surface area contributed by atoms with Crippen LogP contribution in [0.25, 0.3) is 0 Å². The average Bonchev–Trinajstić information content (AvgIpc) is 2.18. The van der Waals surface area contributed by atoms with Crippen molar-refractivity contribution in [1.29, 1.82) is 0 Å². The van der Waals surface area contributed by atoms with Crippen LogP contribution in [0.2, 0.25) is 0 Å². The Morgan fingerprint density at radius 1 is 1.50 bits per heavy atom. The Morgan fingerprint density at radius 2 is 2.36 bits per heavy atom. The van der Waals surface area contributed by atoms with Gasteiger partial charge in [0.1, 0.15) is 0 Å². The summed E-state index contributed by atoms with van der Waals surface area (Å²) in [5, 5.41) is 3.28. The van der Waals surface area contributed by atoms with Gasteiger partial charge in [0.25, 0.3) is 0 Å². The number of hydrogen-bond acceptors (Lipinski definition) is 2. The third-order valence-corrected chi connectivity index (χ3v) is 3.07. The van der Waals surface area contributed by atoms with Crippen molar-refractivity contribution in [1.82, 2.24) is 5.32 Å². The second-order valence-electron chi connectivity index (χ2n) is 3.45. The first-order valence-electron chi connectivity index (χ1n) is 4.65. The van der Waals surface area contributed by atoms with Crippen molar-refractivity contribution in [2.45, 2.75) is 18.7 Å². The van der Waals surface area contributed by atoms with Gasteiger partial charge < -0.3 is 9.87 Å². The first-order valence-corrected chi connectivity index (χ1v) is 5.93. The molecule has 1 unspecified atom stereocenters. The molecule has 0 bridgehead atoms. The summed E-state index contributed by atoms with van der Waals surface area (Å²) in [6.07, 6.45) is 0.961. The van der Waals surface area contributed by atoms with Gasteiger partial charge in [0.15, 0.2) is 11.1 Å². The molecule has 1 heterocycles. The topological polar surface area (TPSA) is 49.3 Å². The maximum Gasteiger partial charge on any atom is 0.157 e. The smallest absolute Gasteiger partial charge is 0.157 e. The predicted octanol–water partition coefficient (Wildman–Crippen LogP) is 1.05. The quantitative estimate of drug-likeness (QED) is 0.719. The first-order chi connectivity index (χ1) is 6.77. The van der Waals surface area contributed by atoms with E-state index >= 15 is 0 Å². The average molecular weight is 211 g/mol. The lowest BCUT2D eigenvalue weighted by molar-refractivity contribution is 0.562. The van der Waals surface area contributed by atoms with Crippen LogP contribution >= 0.6 is 0 Å². The van der Waals surface area contributed by atoms with E-state index in [-0.39, 0.29) is 5.75 Å². The van der Waals surface area contributed by atoms with Gasteiger partial charge in [0.05, 0.1) is 5.75 Å². The summed E-state index contributed by atoms with van der Waals surface area (Å²) in [6.45, 7) is 1.84. The largest absolute Gasteiger partial charge is 0.312 e. The molecule has 0 amide bonds. The first kappa shape index (κ1) is 9.83. The second-order valence-corrected chi connectivity index (χ2v) is 4.38. The van der Waals surface area contributed by atoms with Crippen molar-refractivity contribution >= 4 is 11.1 Å². The Labute approximate surface area is 85.8 Å². The SMILES string of the molecule is O=S(O)Cc1cccc2c1CCNC2. The molecule has 2 rings (SSSR count). The molecule has 3 nitrogen and oxygen atoms in total. The van der Waals surface area contributed by atoms with Gasteiger partial charge >= 0.3 is 0 Å². The zero-order valence-corrected chi connectivity index (χ0v) is 8.64. The van der Waals surface area contributed by atoms with Gasteiger partial charge in [-0.05, 0) is 29.7 Å². The van der Waals surface area contributed by atoms with Crippen LogP contribution in [0.15, 0.2) is 18.2 Å². The van der Waals surface area contributed by atoms with E-state index in [1.54, 1.807) is 0 Å². The molecule has 0 aromatic heterocycles. The van der Waals surface area contributed by atoms with Crippen LogP contribution in [-0.2, 0) is 29.8 Å². The van der Waals surface area contributed by atoms with E-state index in [1.165, 1.54) is 11.1 Å². The molecule has 0 radical (unpaired) electrons. The van der Waals surface area contributed by atoms with Crippen LogP contribution in [0, 0.1) is 0 Å². The highest BCUT2D eigenvalue weighted by atomic mass is 32.2. The van der Waals surface area contributed by atoms with Gasteiger partial charge in [-0.25, -0.2) is 4.21 Å². The van der Waals surface area contributed by atoms with E-state index in [0.29, 0.717) is 0 Å². The Balaban J connectivity index is 2.35. The molecular weight excluding hydrogens is 198 g/mol. The van der Waals surface area contributed by atoms with Crippen molar-refractivity contribution in [3.05, 3.63) is 34.9 Å². The molecule has 0 fully saturated rings. The van der Waals surface area contributed by atoms with Crippen molar-refractivity contribution in [2.75, 3.05) is 6.54 Å². The highest BCUT2D eigenvalue weighted by Gasteiger charge is 2.12. The minimum Gasteiger partial charge on any atom is -0.312 e. The van der Waals surface area contributed by atoms with Crippen LogP contribution in [0.5, 0.6) is 0 Å². The van der Waals surface area contributed by atoms with Gasteiger partial charge in [0, 0.05) is 6.54 Å². The molecule has 2 N–H and O–H groups in total. The van der Waals surface area contributed by atoms with Crippen molar-refractivity contribution in [3.63, 3.8) is 0 Å². The van der Waals surface area contributed by atoms with Crippen LogP contribution in [0.4, 0.5) is 0 Å². The van der Waals surface area contributed by atoms with E-state index < -0.39 is 11.1 Å². The van der Waals surface area contributed by atoms with E-state index in [0.717, 1.165) is 25.1 Å². The summed E-state index contributed by atoms with van der Waals surface area (Å²) in [7, 11) is 0. The summed E-state index contributed by atoms with van der Waals surface area (Å²) in [5.41, 5.74) is 3.54. The molecule has 4 heteroatoms.